The molecule has 5 heteroatoms. The van der Waals surface area contributed by atoms with Gasteiger partial charge in [-0.15, -0.1) is 0 Å². The molecule has 21 heavy (non-hydrogen) atoms. The number of hydrogen-bond acceptors (Lipinski definition) is 4. The summed E-state index contributed by atoms with van der Waals surface area (Å²) in [7, 11) is 1.61. The van der Waals surface area contributed by atoms with Gasteiger partial charge < -0.3 is 9.47 Å². The van der Waals surface area contributed by atoms with E-state index in [1.54, 1.807) is 13.2 Å². The van der Waals surface area contributed by atoms with Gasteiger partial charge in [0.25, 0.3) is 0 Å². The largest absolute Gasteiger partial charge is 0.493 e. The first-order valence-electron chi connectivity index (χ1n) is 6.67. The third kappa shape index (κ3) is 3.85. The lowest BCUT2D eigenvalue weighted by atomic mass is 9.96. The van der Waals surface area contributed by atoms with E-state index < -0.39 is 0 Å². The molecule has 0 bridgehead atoms. The van der Waals surface area contributed by atoms with Gasteiger partial charge in [0.1, 0.15) is 11.0 Å². The molecule has 4 nitrogen and oxygen atoms in total. The molecule has 0 atom stereocenters. The lowest BCUT2D eigenvalue weighted by molar-refractivity contribution is 0.371. The van der Waals surface area contributed by atoms with Gasteiger partial charge in [0.15, 0.2) is 11.5 Å². The number of aryl methyl sites for hydroxylation is 1. The minimum atomic E-state index is -0.208. The van der Waals surface area contributed by atoms with E-state index in [1.807, 2.05) is 45.9 Å². The van der Waals surface area contributed by atoms with Crippen LogP contribution in [0.15, 0.2) is 24.3 Å². The highest BCUT2D eigenvalue weighted by molar-refractivity contribution is 6.29. The van der Waals surface area contributed by atoms with Crippen molar-refractivity contribution < 1.29 is 9.47 Å². The maximum absolute atomic E-state index is 6.06. The Balaban J connectivity index is 2.38. The van der Waals surface area contributed by atoms with Crippen molar-refractivity contribution in [2.24, 2.45) is 0 Å². The average Bonchev–Trinajstić information content (AvgIpc) is 2.39. The Morgan fingerprint density at radius 1 is 1.05 bits per heavy atom. The van der Waals surface area contributed by atoms with Crippen LogP contribution >= 0.6 is 11.6 Å². The lowest BCUT2D eigenvalue weighted by Gasteiger charge is -2.18. The first-order chi connectivity index (χ1) is 9.79. The Labute approximate surface area is 130 Å². The van der Waals surface area contributed by atoms with Crippen molar-refractivity contribution in [3.8, 4) is 17.4 Å². The van der Waals surface area contributed by atoms with E-state index in [4.69, 9.17) is 21.1 Å². The number of hydrogen-bond donors (Lipinski definition) is 0. The highest BCUT2D eigenvalue weighted by atomic mass is 35.5. The van der Waals surface area contributed by atoms with Gasteiger partial charge in [0.05, 0.1) is 7.11 Å². The maximum atomic E-state index is 6.06. The fourth-order valence-electron chi connectivity index (χ4n) is 1.76. The smallest absolute Gasteiger partial charge is 0.224 e. The number of methoxy groups -OCH3 is 1. The van der Waals surface area contributed by atoms with Crippen LogP contribution in [-0.2, 0) is 5.41 Å². The summed E-state index contributed by atoms with van der Waals surface area (Å²) in [6.45, 7) is 8.06. The summed E-state index contributed by atoms with van der Waals surface area (Å²) < 4.78 is 11.1. The minimum Gasteiger partial charge on any atom is -0.493 e. The second kappa shape index (κ2) is 5.90. The summed E-state index contributed by atoms with van der Waals surface area (Å²) in [5.41, 5.74) is 0.885. The van der Waals surface area contributed by atoms with Gasteiger partial charge in [0, 0.05) is 11.5 Å². The predicted octanol–water partition coefficient (Wildman–Crippen LogP) is 4.54. The normalized spacial score (nSPS) is 11.3. The third-order valence-electron chi connectivity index (χ3n) is 2.88. The topological polar surface area (TPSA) is 44.2 Å². The van der Waals surface area contributed by atoms with Crippen molar-refractivity contribution in [1.29, 1.82) is 0 Å². The highest BCUT2D eigenvalue weighted by Gasteiger charge is 2.19. The molecular weight excluding hydrogens is 288 g/mol. The molecule has 0 spiro atoms. The van der Waals surface area contributed by atoms with E-state index >= 15 is 0 Å². The Bertz CT molecular complexity index is 651. The summed E-state index contributed by atoms with van der Waals surface area (Å²) in [6, 6.07) is 7.30. The molecule has 0 aliphatic carbocycles. The van der Waals surface area contributed by atoms with Gasteiger partial charge in [-0.3, -0.25) is 0 Å². The lowest BCUT2D eigenvalue weighted by Crippen LogP contribution is -2.16. The first kappa shape index (κ1) is 15.6. The Morgan fingerprint density at radius 2 is 1.76 bits per heavy atom. The molecule has 0 aliphatic rings. The van der Waals surface area contributed by atoms with E-state index in [2.05, 4.69) is 9.97 Å². The summed E-state index contributed by atoms with van der Waals surface area (Å²) in [5.74, 6) is 2.29. The average molecular weight is 307 g/mol. The van der Waals surface area contributed by atoms with Gasteiger partial charge in [-0.1, -0.05) is 38.4 Å². The number of aromatic nitrogens is 2. The summed E-state index contributed by atoms with van der Waals surface area (Å²) in [4.78, 5) is 8.67. The van der Waals surface area contributed by atoms with Crippen molar-refractivity contribution in [1.82, 2.24) is 9.97 Å². The molecule has 2 aromatic rings. The number of rotatable bonds is 3. The third-order valence-corrected chi connectivity index (χ3v) is 3.07. The standard InChI is InChI=1S/C16H19ClN2O2/c1-10-6-7-11(12(8-10)20-5)21-14-9-13(17)18-15(19-14)16(2,3)4/h6-9H,1-5H3. The van der Waals surface area contributed by atoms with Gasteiger partial charge >= 0.3 is 0 Å². The Kier molecular flexibility index (Phi) is 4.37. The van der Waals surface area contributed by atoms with Crippen molar-refractivity contribution in [3.63, 3.8) is 0 Å². The van der Waals surface area contributed by atoms with E-state index in [9.17, 15) is 0 Å². The zero-order chi connectivity index (χ0) is 15.6. The van der Waals surface area contributed by atoms with Gasteiger partial charge in [-0.2, -0.15) is 4.98 Å². The predicted molar refractivity (Wildman–Crippen MR) is 83.5 cm³/mol. The molecule has 0 saturated heterocycles. The number of ether oxygens (including phenoxy) is 2. The monoisotopic (exact) mass is 306 g/mol. The van der Waals surface area contributed by atoms with Crippen molar-refractivity contribution in [3.05, 3.63) is 40.8 Å². The van der Waals surface area contributed by atoms with Crippen LogP contribution in [0.3, 0.4) is 0 Å². The van der Waals surface area contributed by atoms with Crippen LogP contribution in [-0.4, -0.2) is 17.1 Å². The second-order valence-electron chi connectivity index (χ2n) is 5.86. The zero-order valence-corrected chi connectivity index (χ0v) is 13.7. The SMILES string of the molecule is COc1cc(C)ccc1Oc1cc(Cl)nc(C(C)(C)C)n1. The van der Waals surface area contributed by atoms with Crippen LogP contribution in [0.2, 0.25) is 5.15 Å². The molecule has 1 heterocycles. The second-order valence-corrected chi connectivity index (χ2v) is 6.25. The quantitative estimate of drug-likeness (QED) is 0.781. The van der Waals surface area contributed by atoms with E-state index in [0.717, 1.165) is 5.56 Å². The van der Waals surface area contributed by atoms with Gasteiger partial charge in [-0.05, 0) is 24.6 Å². The van der Waals surface area contributed by atoms with E-state index in [1.165, 1.54) is 0 Å². The maximum Gasteiger partial charge on any atom is 0.224 e. The Morgan fingerprint density at radius 3 is 2.38 bits per heavy atom. The molecule has 1 aromatic carbocycles. The molecule has 0 unspecified atom stereocenters. The van der Waals surface area contributed by atoms with Gasteiger partial charge in [-0.25, -0.2) is 4.98 Å². The van der Waals surface area contributed by atoms with E-state index in [-0.39, 0.29) is 5.41 Å². The van der Waals surface area contributed by atoms with Crippen LogP contribution in [0.25, 0.3) is 0 Å². The van der Waals surface area contributed by atoms with Crippen LogP contribution < -0.4 is 9.47 Å². The summed E-state index contributed by atoms with van der Waals surface area (Å²) in [6.07, 6.45) is 0. The molecule has 0 radical (unpaired) electrons. The molecule has 0 amide bonds. The summed E-state index contributed by atoms with van der Waals surface area (Å²) >= 11 is 6.06. The van der Waals surface area contributed by atoms with Crippen LogP contribution in [0.5, 0.6) is 17.4 Å². The van der Waals surface area contributed by atoms with E-state index in [0.29, 0.717) is 28.4 Å². The fraction of sp³-hybridized carbons (Fsp3) is 0.375. The van der Waals surface area contributed by atoms with Crippen LogP contribution in [0.4, 0.5) is 0 Å². The zero-order valence-electron chi connectivity index (χ0n) is 12.9. The minimum absolute atomic E-state index is 0.208. The molecule has 0 saturated carbocycles. The number of halogens is 1. The molecule has 0 fully saturated rings. The summed E-state index contributed by atoms with van der Waals surface area (Å²) in [5, 5.41) is 0.357. The molecular formula is C16H19ClN2O2. The molecule has 112 valence electrons. The molecule has 0 N–H and O–H groups in total. The molecule has 0 aliphatic heterocycles. The first-order valence-corrected chi connectivity index (χ1v) is 7.05. The fourth-order valence-corrected chi connectivity index (χ4v) is 1.93. The van der Waals surface area contributed by atoms with Crippen LogP contribution in [0, 0.1) is 6.92 Å². The molecule has 1 aromatic heterocycles. The Hall–Kier alpha value is -1.81. The van der Waals surface area contributed by atoms with Crippen LogP contribution in [0.1, 0.15) is 32.2 Å². The molecule has 2 rings (SSSR count). The number of nitrogens with zero attached hydrogens (tertiary/aromatic N) is 2. The van der Waals surface area contributed by atoms with Crippen molar-refractivity contribution >= 4 is 11.6 Å². The number of benzene rings is 1. The van der Waals surface area contributed by atoms with Crippen molar-refractivity contribution in [2.45, 2.75) is 33.1 Å². The van der Waals surface area contributed by atoms with Crippen molar-refractivity contribution in [2.75, 3.05) is 7.11 Å². The van der Waals surface area contributed by atoms with Gasteiger partial charge in [0.2, 0.25) is 5.88 Å². The highest BCUT2D eigenvalue weighted by Crippen LogP contribution is 2.33.